The number of rotatable bonds is 3. The number of nitrogens with two attached hydrogens (primary N) is 1. The van der Waals surface area contributed by atoms with Gasteiger partial charge in [0.2, 0.25) is 0 Å². The van der Waals surface area contributed by atoms with Crippen molar-refractivity contribution in [3.8, 4) is 0 Å². The van der Waals surface area contributed by atoms with E-state index in [2.05, 4.69) is 23.2 Å². The number of nitrogens with zero attached hydrogens (tertiary/aromatic N) is 1. The summed E-state index contributed by atoms with van der Waals surface area (Å²) in [6, 6.07) is 8.36. The van der Waals surface area contributed by atoms with Gasteiger partial charge in [-0.25, -0.2) is 0 Å². The Balaban J connectivity index is 2.10. The van der Waals surface area contributed by atoms with Crippen LogP contribution in [0.3, 0.4) is 0 Å². The molecule has 1 aromatic heterocycles. The van der Waals surface area contributed by atoms with Crippen molar-refractivity contribution in [1.29, 1.82) is 0 Å². The van der Waals surface area contributed by atoms with Crippen LogP contribution in [0, 0.1) is 0 Å². The molecule has 3 nitrogen and oxygen atoms in total. The maximum absolute atomic E-state index is 10.8. The van der Waals surface area contributed by atoms with Crippen LogP contribution in [0.4, 0.5) is 0 Å². The van der Waals surface area contributed by atoms with Crippen LogP contribution in [0.2, 0.25) is 0 Å². The molecule has 0 saturated heterocycles. The third-order valence-electron chi connectivity index (χ3n) is 4.23. The van der Waals surface area contributed by atoms with E-state index in [0.29, 0.717) is 6.54 Å². The fraction of sp³-hybridized carbons (Fsp3) is 0.400. The number of fused-ring (bicyclic) bond motifs is 1. The van der Waals surface area contributed by atoms with Crippen LogP contribution >= 0.6 is 11.3 Å². The van der Waals surface area contributed by atoms with Gasteiger partial charge in [-0.05, 0) is 30.4 Å². The van der Waals surface area contributed by atoms with Crippen LogP contribution in [0.15, 0.2) is 36.0 Å². The molecule has 0 fully saturated rings. The Labute approximate surface area is 117 Å². The summed E-state index contributed by atoms with van der Waals surface area (Å²) in [5.41, 5.74) is 10.0. The van der Waals surface area contributed by atoms with E-state index in [-0.39, 0.29) is 5.41 Å². The third-order valence-corrected chi connectivity index (χ3v) is 5.06. The maximum Gasteiger partial charge on any atom is 0.101 e. The van der Waals surface area contributed by atoms with E-state index in [1.54, 1.807) is 11.7 Å². The van der Waals surface area contributed by atoms with E-state index in [4.69, 9.17) is 5.73 Å². The average Bonchev–Trinajstić information content (AvgIpc) is 3.00. The summed E-state index contributed by atoms with van der Waals surface area (Å²) in [7, 11) is 0. The molecule has 3 N–H and O–H groups in total. The van der Waals surface area contributed by atoms with Crippen molar-refractivity contribution in [1.82, 2.24) is 4.98 Å². The third kappa shape index (κ3) is 2.00. The minimum absolute atomic E-state index is 0.360. The molecule has 0 amide bonds. The molecule has 0 aliphatic heterocycles. The smallest absolute Gasteiger partial charge is 0.101 e. The molecular formula is C15H18N2OS. The maximum atomic E-state index is 10.8. The molecule has 0 saturated carbocycles. The fourth-order valence-corrected chi connectivity index (χ4v) is 3.91. The second-order valence-electron chi connectivity index (χ2n) is 5.18. The van der Waals surface area contributed by atoms with Crippen molar-refractivity contribution in [2.75, 3.05) is 6.54 Å². The molecule has 0 radical (unpaired) electrons. The second-order valence-corrected chi connectivity index (χ2v) is 6.10. The normalized spacial score (nSPS) is 23.9. The van der Waals surface area contributed by atoms with Gasteiger partial charge < -0.3 is 10.8 Å². The summed E-state index contributed by atoms with van der Waals surface area (Å²) in [4.78, 5) is 4.98. The molecule has 0 spiro atoms. The minimum atomic E-state index is -0.563. The fourth-order valence-electron chi connectivity index (χ4n) is 3.19. The van der Waals surface area contributed by atoms with Gasteiger partial charge in [0.15, 0.2) is 0 Å². The van der Waals surface area contributed by atoms with E-state index in [1.807, 2.05) is 6.07 Å². The zero-order valence-corrected chi connectivity index (χ0v) is 11.6. The van der Waals surface area contributed by atoms with Crippen molar-refractivity contribution in [3.63, 3.8) is 0 Å². The lowest BCUT2D eigenvalue weighted by Crippen LogP contribution is -2.43. The Morgan fingerprint density at radius 3 is 3.00 bits per heavy atom. The highest BCUT2D eigenvalue weighted by Gasteiger charge is 2.42. The number of thiazole rings is 1. The lowest BCUT2D eigenvalue weighted by molar-refractivity contribution is 0.0747. The number of hydrogen-bond donors (Lipinski definition) is 2. The van der Waals surface area contributed by atoms with E-state index in [1.165, 1.54) is 22.5 Å². The molecule has 1 heterocycles. The van der Waals surface area contributed by atoms with E-state index in [0.717, 1.165) is 24.1 Å². The molecule has 4 heteroatoms. The molecule has 2 unspecified atom stereocenters. The van der Waals surface area contributed by atoms with Crippen LogP contribution in [-0.4, -0.2) is 16.6 Å². The molecule has 100 valence electrons. The molecule has 1 aliphatic rings. The monoisotopic (exact) mass is 274 g/mol. The highest BCUT2D eigenvalue weighted by Crippen LogP contribution is 2.46. The summed E-state index contributed by atoms with van der Waals surface area (Å²) in [6.07, 6.45) is 4.27. The number of benzene rings is 1. The average molecular weight is 274 g/mol. The van der Waals surface area contributed by atoms with Crippen molar-refractivity contribution >= 4 is 11.3 Å². The molecule has 19 heavy (non-hydrogen) atoms. The Hall–Kier alpha value is -1.23. The van der Waals surface area contributed by atoms with Gasteiger partial charge in [0, 0.05) is 18.2 Å². The summed E-state index contributed by atoms with van der Waals surface area (Å²) in [5.74, 6) is 0. The first kappa shape index (κ1) is 12.8. The molecule has 1 aliphatic carbocycles. The predicted molar refractivity (Wildman–Crippen MR) is 77.2 cm³/mol. The lowest BCUT2D eigenvalue weighted by Gasteiger charge is -2.41. The molecule has 0 bridgehead atoms. The number of aliphatic hydroxyl groups excluding tert-OH is 1. The Morgan fingerprint density at radius 1 is 1.42 bits per heavy atom. The highest BCUT2D eigenvalue weighted by atomic mass is 32.1. The quantitative estimate of drug-likeness (QED) is 0.903. The zero-order chi connectivity index (χ0) is 13.3. The number of aromatic nitrogens is 1. The van der Waals surface area contributed by atoms with Crippen molar-refractivity contribution in [3.05, 3.63) is 52.0 Å². The summed E-state index contributed by atoms with van der Waals surface area (Å²) in [5, 5.41) is 10.8. The van der Waals surface area contributed by atoms with E-state index in [9.17, 15) is 5.11 Å². The number of hydrogen-bond acceptors (Lipinski definition) is 4. The molecular weight excluding hydrogens is 256 g/mol. The second kappa shape index (κ2) is 5.04. The Kier molecular flexibility index (Phi) is 3.39. The van der Waals surface area contributed by atoms with Crippen molar-refractivity contribution in [2.45, 2.75) is 30.8 Å². The van der Waals surface area contributed by atoms with Crippen LogP contribution in [-0.2, 0) is 11.8 Å². The summed E-state index contributed by atoms with van der Waals surface area (Å²) >= 11 is 1.50. The topological polar surface area (TPSA) is 59.1 Å². The van der Waals surface area contributed by atoms with Crippen molar-refractivity contribution < 1.29 is 5.11 Å². The van der Waals surface area contributed by atoms with Gasteiger partial charge in [-0.15, -0.1) is 11.3 Å². The minimum Gasteiger partial charge on any atom is -0.387 e. The predicted octanol–water partition coefficient (Wildman–Crippen LogP) is 2.41. The largest absolute Gasteiger partial charge is 0.387 e. The highest BCUT2D eigenvalue weighted by molar-refractivity contribution is 7.09. The van der Waals surface area contributed by atoms with E-state index < -0.39 is 6.10 Å². The van der Waals surface area contributed by atoms with Gasteiger partial charge in [0.25, 0.3) is 0 Å². The van der Waals surface area contributed by atoms with Gasteiger partial charge in [-0.3, -0.25) is 4.98 Å². The van der Waals surface area contributed by atoms with E-state index >= 15 is 0 Å². The number of aryl methyl sites for hydroxylation is 1. The first-order valence-corrected chi connectivity index (χ1v) is 7.51. The first-order chi connectivity index (χ1) is 9.28. The molecule has 2 aromatic rings. The molecule has 2 atom stereocenters. The van der Waals surface area contributed by atoms with Crippen LogP contribution in [0.25, 0.3) is 0 Å². The van der Waals surface area contributed by atoms with Crippen LogP contribution < -0.4 is 5.73 Å². The summed E-state index contributed by atoms with van der Waals surface area (Å²) in [6.45, 7) is 0.461. The van der Waals surface area contributed by atoms with Gasteiger partial charge >= 0.3 is 0 Å². The Bertz CT molecular complexity index is 555. The van der Waals surface area contributed by atoms with Gasteiger partial charge in [0.05, 0.1) is 10.4 Å². The molecule has 1 aromatic carbocycles. The van der Waals surface area contributed by atoms with Gasteiger partial charge in [-0.1, -0.05) is 24.3 Å². The SMILES string of the molecule is NCC1(C(O)c2cncs2)CCCc2ccccc21. The van der Waals surface area contributed by atoms with Gasteiger partial charge in [-0.2, -0.15) is 0 Å². The number of aliphatic hydroxyl groups is 1. The summed E-state index contributed by atoms with van der Waals surface area (Å²) < 4.78 is 0. The van der Waals surface area contributed by atoms with Crippen LogP contribution in [0.1, 0.15) is 34.9 Å². The lowest BCUT2D eigenvalue weighted by atomic mass is 9.66. The van der Waals surface area contributed by atoms with Crippen molar-refractivity contribution in [2.24, 2.45) is 5.73 Å². The molecule has 3 rings (SSSR count). The zero-order valence-electron chi connectivity index (χ0n) is 10.7. The van der Waals surface area contributed by atoms with Gasteiger partial charge in [0.1, 0.15) is 6.10 Å². The first-order valence-electron chi connectivity index (χ1n) is 6.63. The Morgan fingerprint density at radius 2 is 2.26 bits per heavy atom. The standard InChI is InChI=1S/C15H18N2OS/c16-9-15(14(18)13-8-17-10-19-13)7-3-5-11-4-1-2-6-12(11)15/h1-2,4,6,8,10,14,18H,3,5,7,9,16H2. The van der Waals surface area contributed by atoms with Crippen LogP contribution in [0.5, 0.6) is 0 Å².